The minimum atomic E-state index is -0.598. The van der Waals surface area contributed by atoms with Gasteiger partial charge in [-0.25, -0.2) is 0 Å². The Balaban J connectivity index is 2.84. The molecular formula is C15H22Cl2O2. The molecule has 0 aliphatic rings. The number of hydrogen-bond donors (Lipinski definition) is 1. The normalized spacial score (nSPS) is 15.3. The zero-order valence-electron chi connectivity index (χ0n) is 11.9. The molecule has 0 fully saturated rings. The summed E-state index contributed by atoms with van der Waals surface area (Å²) in [5, 5.41) is 11.6. The SMILES string of the molecule is CCOC(C(O)Cc1ccc(Cl)cc1Cl)C(C)(C)C. The first-order valence-corrected chi connectivity index (χ1v) is 7.25. The minimum Gasteiger partial charge on any atom is -0.390 e. The topological polar surface area (TPSA) is 29.5 Å². The molecule has 0 saturated carbocycles. The van der Waals surface area contributed by atoms with Gasteiger partial charge >= 0.3 is 0 Å². The van der Waals surface area contributed by atoms with Crippen molar-refractivity contribution in [2.24, 2.45) is 5.41 Å². The Morgan fingerprint density at radius 3 is 2.37 bits per heavy atom. The first-order valence-electron chi connectivity index (χ1n) is 6.49. The number of aliphatic hydroxyl groups is 1. The van der Waals surface area contributed by atoms with Crippen molar-refractivity contribution in [3.63, 3.8) is 0 Å². The maximum Gasteiger partial charge on any atom is 0.0885 e. The number of benzene rings is 1. The molecule has 0 aliphatic heterocycles. The zero-order chi connectivity index (χ0) is 14.6. The predicted molar refractivity (Wildman–Crippen MR) is 81.0 cm³/mol. The van der Waals surface area contributed by atoms with Gasteiger partial charge in [0.05, 0.1) is 12.2 Å². The van der Waals surface area contributed by atoms with Gasteiger partial charge in [0.25, 0.3) is 0 Å². The Morgan fingerprint density at radius 1 is 1.26 bits per heavy atom. The van der Waals surface area contributed by atoms with E-state index in [1.807, 2.05) is 13.0 Å². The molecule has 1 aromatic carbocycles. The van der Waals surface area contributed by atoms with Crippen LogP contribution in [0.4, 0.5) is 0 Å². The van der Waals surface area contributed by atoms with Crippen LogP contribution in [0.2, 0.25) is 10.0 Å². The van der Waals surface area contributed by atoms with E-state index in [4.69, 9.17) is 27.9 Å². The highest BCUT2D eigenvalue weighted by Gasteiger charge is 2.32. The third kappa shape index (κ3) is 4.96. The monoisotopic (exact) mass is 304 g/mol. The zero-order valence-corrected chi connectivity index (χ0v) is 13.4. The molecule has 1 aromatic rings. The third-order valence-electron chi connectivity index (χ3n) is 2.99. The van der Waals surface area contributed by atoms with Crippen molar-refractivity contribution in [1.82, 2.24) is 0 Å². The number of rotatable bonds is 5. The molecule has 2 unspecified atom stereocenters. The van der Waals surface area contributed by atoms with Crippen LogP contribution >= 0.6 is 23.2 Å². The third-order valence-corrected chi connectivity index (χ3v) is 3.58. The number of aliphatic hydroxyl groups excluding tert-OH is 1. The Morgan fingerprint density at radius 2 is 1.89 bits per heavy atom. The van der Waals surface area contributed by atoms with Crippen LogP contribution in [0.25, 0.3) is 0 Å². The van der Waals surface area contributed by atoms with E-state index >= 15 is 0 Å². The van der Waals surface area contributed by atoms with Crippen LogP contribution in [-0.4, -0.2) is 23.9 Å². The summed E-state index contributed by atoms with van der Waals surface area (Å²) in [7, 11) is 0. The molecule has 108 valence electrons. The lowest BCUT2D eigenvalue weighted by molar-refractivity contribution is -0.0873. The van der Waals surface area contributed by atoms with Gasteiger partial charge in [-0.2, -0.15) is 0 Å². The van der Waals surface area contributed by atoms with E-state index in [2.05, 4.69) is 20.8 Å². The molecule has 2 atom stereocenters. The van der Waals surface area contributed by atoms with Gasteiger partial charge in [-0.15, -0.1) is 0 Å². The lowest BCUT2D eigenvalue weighted by Gasteiger charge is -2.34. The van der Waals surface area contributed by atoms with Gasteiger partial charge in [-0.3, -0.25) is 0 Å². The van der Waals surface area contributed by atoms with Crippen LogP contribution in [0, 0.1) is 5.41 Å². The summed E-state index contributed by atoms with van der Waals surface area (Å²) in [4.78, 5) is 0. The van der Waals surface area contributed by atoms with Gasteiger partial charge in [0, 0.05) is 23.1 Å². The molecule has 19 heavy (non-hydrogen) atoms. The molecule has 1 N–H and O–H groups in total. The van der Waals surface area contributed by atoms with Crippen molar-refractivity contribution >= 4 is 23.2 Å². The highest BCUT2D eigenvalue weighted by Crippen LogP contribution is 2.29. The highest BCUT2D eigenvalue weighted by atomic mass is 35.5. The van der Waals surface area contributed by atoms with E-state index in [0.717, 1.165) is 5.56 Å². The molecule has 1 rings (SSSR count). The van der Waals surface area contributed by atoms with E-state index in [-0.39, 0.29) is 11.5 Å². The molecule has 0 saturated heterocycles. The molecule has 0 radical (unpaired) electrons. The predicted octanol–water partition coefficient (Wildman–Crippen LogP) is 4.35. The van der Waals surface area contributed by atoms with Gasteiger partial charge in [0.2, 0.25) is 0 Å². The van der Waals surface area contributed by atoms with Crippen LogP contribution in [0.5, 0.6) is 0 Å². The van der Waals surface area contributed by atoms with Crippen molar-refractivity contribution in [2.75, 3.05) is 6.61 Å². The van der Waals surface area contributed by atoms with E-state index < -0.39 is 6.10 Å². The fourth-order valence-electron chi connectivity index (χ4n) is 2.14. The Bertz CT molecular complexity index is 413. The number of ether oxygens (including phenoxy) is 1. The molecular weight excluding hydrogens is 283 g/mol. The summed E-state index contributed by atoms with van der Waals surface area (Å²) < 4.78 is 5.68. The smallest absolute Gasteiger partial charge is 0.0885 e. The van der Waals surface area contributed by atoms with Crippen LogP contribution in [0.1, 0.15) is 33.3 Å². The van der Waals surface area contributed by atoms with Gasteiger partial charge in [0.15, 0.2) is 0 Å². The largest absolute Gasteiger partial charge is 0.390 e. The molecule has 0 aromatic heterocycles. The second-order valence-corrected chi connectivity index (χ2v) is 6.59. The van der Waals surface area contributed by atoms with Gasteiger partial charge in [-0.05, 0) is 30.0 Å². The highest BCUT2D eigenvalue weighted by molar-refractivity contribution is 6.35. The molecule has 0 bridgehead atoms. The summed E-state index contributed by atoms with van der Waals surface area (Å²) >= 11 is 12.0. The van der Waals surface area contributed by atoms with Crippen molar-refractivity contribution < 1.29 is 9.84 Å². The fourth-order valence-corrected chi connectivity index (χ4v) is 2.62. The average Bonchev–Trinajstić information content (AvgIpc) is 2.28. The van der Waals surface area contributed by atoms with Crippen molar-refractivity contribution in [2.45, 2.75) is 46.3 Å². The Labute approximate surface area is 125 Å². The number of hydrogen-bond acceptors (Lipinski definition) is 2. The van der Waals surface area contributed by atoms with Crippen molar-refractivity contribution in [3.05, 3.63) is 33.8 Å². The Hall–Kier alpha value is -0.280. The summed E-state index contributed by atoms with van der Waals surface area (Å²) in [6, 6.07) is 5.32. The van der Waals surface area contributed by atoms with E-state index in [0.29, 0.717) is 23.1 Å². The maximum absolute atomic E-state index is 10.4. The summed E-state index contributed by atoms with van der Waals surface area (Å²) in [6.45, 7) is 8.67. The minimum absolute atomic E-state index is 0.131. The first-order chi connectivity index (χ1) is 8.75. The molecule has 0 amide bonds. The second kappa shape index (κ2) is 6.94. The summed E-state index contributed by atoms with van der Waals surface area (Å²) in [5.41, 5.74) is 0.751. The lowest BCUT2D eigenvalue weighted by atomic mass is 9.83. The van der Waals surface area contributed by atoms with Gasteiger partial charge < -0.3 is 9.84 Å². The Kier molecular flexibility index (Phi) is 6.13. The standard InChI is InChI=1S/C15H22Cl2O2/c1-5-19-14(15(2,3)4)13(18)8-10-6-7-11(16)9-12(10)17/h6-7,9,13-14,18H,5,8H2,1-4H3. The van der Waals surface area contributed by atoms with Gasteiger partial charge in [0.1, 0.15) is 0 Å². The quantitative estimate of drug-likeness (QED) is 0.876. The van der Waals surface area contributed by atoms with Crippen molar-refractivity contribution in [1.29, 1.82) is 0 Å². The molecule has 0 heterocycles. The maximum atomic E-state index is 10.4. The van der Waals surface area contributed by atoms with Gasteiger partial charge in [-0.1, -0.05) is 50.0 Å². The van der Waals surface area contributed by atoms with Crippen LogP contribution < -0.4 is 0 Å². The molecule has 0 aliphatic carbocycles. The van der Waals surface area contributed by atoms with Crippen LogP contribution in [-0.2, 0) is 11.2 Å². The van der Waals surface area contributed by atoms with E-state index in [1.165, 1.54) is 0 Å². The average molecular weight is 305 g/mol. The number of halogens is 2. The van der Waals surface area contributed by atoms with E-state index in [1.54, 1.807) is 12.1 Å². The van der Waals surface area contributed by atoms with E-state index in [9.17, 15) is 5.11 Å². The van der Waals surface area contributed by atoms with Crippen LogP contribution in [0.3, 0.4) is 0 Å². The first kappa shape index (κ1) is 16.8. The molecule has 2 nitrogen and oxygen atoms in total. The molecule has 0 spiro atoms. The second-order valence-electron chi connectivity index (χ2n) is 5.75. The molecule has 4 heteroatoms. The van der Waals surface area contributed by atoms with Crippen molar-refractivity contribution in [3.8, 4) is 0 Å². The fraction of sp³-hybridized carbons (Fsp3) is 0.600. The van der Waals surface area contributed by atoms with Crippen LogP contribution in [0.15, 0.2) is 18.2 Å². The lowest BCUT2D eigenvalue weighted by Crippen LogP contribution is -2.41. The summed E-state index contributed by atoms with van der Waals surface area (Å²) in [5.74, 6) is 0. The summed E-state index contributed by atoms with van der Waals surface area (Å²) in [6.07, 6.45) is -0.374.